The highest BCUT2D eigenvalue weighted by atomic mass is 35.5. The smallest absolute Gasteiger partial charge is 0.219 e. The van der Waals surface area contributed by atoms with Crippen molar-refractivity contribution in [1.29, 1.82) is 0 Å². The number of pyridine rings is 1. The first-order chi connectivity index (χ1) is 7.78. The van der Waals surface area contributed by atoms with E-state index in [0.717, 1.165) is 5.69 Å². The Morgan fingerprint density at radius 2 is 1.88 bits per heavy atom. The maximum atomic E-state index is 5.72. The second-order valence-corrected chi connectivity index (χ2v) is 3.51. The summed E-state index contributed by atoms with van der Waals surface area (Å²) in [6, 6.07) is 10.7. The standard InChI is InChI=1S/C12H9ClN2O/c1-14-10-3-5-11(6-4-10)16-12-7-2-9(13)8-15-12/h2-8H,1H2. The van der Waals surface area contributed by atoms with E-state index < -0.39 is 0 Å². The van der Waals surface area contributed by atoms with E-state index in [-0.39, 0.29) is 0 Å². The van der Waals surface area contributed by atoms with Gasteiger partial charge >= 0.3 is 0 Å². The summed E-state index contributed by atoms with van der Waals surface area (Å²) < 4.78 is 5.50. The molecule has 0 radical (unpaired) electrons. The van der Waals surface area contributed by atoms with Crippen LogP contribution in [0.1, 0.15) is 0 Å². The topological polar surface area (TPSA) is 34.5 Å². The molecule has 80 valence electrons. The van der Waals surface area contributed by atoms with Crippen molar-refractivity contribution in [2.75, 3.05) is 0 Å². The van der Waals surface area contributed by atoms with Crippen molar-refractivity contribution >= 4 is 24.0 Å². The predicted molar refractivity (Wildman–Crippen MR) is 65.0 cm³/mol. The average molecular weight is 233 g/mol. The number of ether oxygens (including phenoxy) is 1. The Labute approximate surface area is 98.4 Å². The van der Waals surface area contributed by atoms with Gasteiger partial charge in [-0.15, -0.1) is 0 Å². The Balaban J connectivity index is 2.14. The zero-order chi connectivity index (χ0) is 11.4. The van der Waals surface area contributed by atoms with E-state index in [9.17, 15) is 0 Å². The molecule has 2 rings (SSSR count). The van der Waals surface area contributed by atoms with Gasteiger partial charge in [0.25, 0.3) is 0 Å². The highest BCUT2D eigenvalue weighted by molar-refractivity contribution is 6.30. The maximum Gasteiger partial charge on any atom is 0.219 e. The molecule has 16 heavy (non-hydrogen) atoms. The highest BCUT2D eigenvalue weighted by Gasteiger charge is 1.98. The lowest BCUT2D eigenvalue weighted by Crippen LogP contribution is -1.86. The molecule has 0 saturated heterocycles. The number of benzene rings is 1. The molecule has 0 bridgehead atoms. The Morgan fingerprint density at radius 1 is 1.12 bits per heavy atom. The average Bonchev–Trinajstić information content (AvgIpc) is 2.33. The number of aromatic nitrogens is 1. The lowest BCUT2D eigenvalue weighted by Gasteiger charge is -2.04. The Bertz CT molecular complexity index is 479. The van der Waals surface area contributed by atoms with E-state index in [4.69, 9.17) is 16.3 Å². The van der Waals surface area contributed by atoms with Crippen LogP contribution in [0.5, 0.6) is 11.6 Å². The van der Waals surface area contributed by atoms with Gasteiger partial charge in [0.1, 0.15) is 5.75 Å². The van der Waals surface area contributed by atoms with Gasteiger partial charge in [-0.3, -0.25) is 4.99 Å². The molecule has 1 aromatic carbocycles. The minimum absolute atomic E-state index is 0.503. The molecule has 2 aromatic rings. The van der Waals surface area contributed by atoms with Crippen molar-refractivity contribution in [2.45, 2.75) is 0 Å². The number of hydrogen-bond acceptors (Lipinski definition) is 3. The molecule has 3 nitrogen and oxygen atoms in total. The van der Waals surface area contributed by atoms with Crippen molar-refractivity contribution in [3.05, 3.63) is 47.6 Å². The second kappa shape index (κ2) is 4.77. The van der Waals surface area contributed by atoms with Crippen LogP contribution in [-0.2, 0) is 0 Å². The van der Waals surface area contributed by atoms with Gasteiger partial charge < -0.3 is 4.74 Å². The van der Waals surface area contributed by atoms with E-state index in [0.29, 0.717) is 16.7 Å². The number of rotatable bonds is 3. The fourth-order valence-corrected chi connectivity index (χ4v) is 1.27. The van der Waals surface area contributed by atoms with Crippen LogP contribution in [-0.4, -0.2) is 11.7 Å². The van der Waals surface area contributed by atoms with Crippen LogP contribution < -0.4 is 4.74 Å². The van der Waals surface area contributed by atoms with Crippen LogP contribution in [0.2, 0.25) is 5.02 Å². The first kappa shape index (κ1) is 10.6. The van der Waals surface area contributed by atoms with Crippen LogP contribution in [0.3, 0.4) is 0 Å². The van der Waals surface area contributed by atoms with Crippen molar-refractivity contribution in [3.63, 3.8) is 0 Å². The fourth-order valence-electron chi connectivity index (χ4n) is 1.16. The largest absolute Gasteiger partial charge is 0.439 e. The second-order valence-electron chi connectivity index (χ2n) is 3.07. The third kappa shape index (κ3) is 2.58. The molecule has 0 unspecified atom stereocenters. The van der Waals surface area contributed by atoms with Crippen molar-refractivity contribution < 1.29 is 4.74 Å². The summed E-state index contributed by atoms with van der Waals surface area (Å²) in [5, 5.41) is 0.582. The van der Waals surface area contributed by atoms with Crippen LogP contribution in [0, 0.1) is 0 Å². The monoisotopic (exact) mass is 232 g/mol. The third-order valence-corrected chi connectivity index (χ3v) is 2.17. The van der Waals surface area contributed by atoms with Crippen molar-refractivity contribution in [2.24, 2.45) is 4.99 Å². The molecule has 4 heteroatoms. The molecule has 1 heterocycles. The minimum Gasteiger partial charge on any atom is -0.439 e. The molecule has 1 aromatic heterocycles. The summed E-state index contributed by atoms with van der Waals surface area (Å²) in [5.74, 6) is 1.20. The Morgan fingerprint density at radius 3 is 2.44 bits per heavy atom. The first-order valence-electron chi connectivity index (χ1n) is 4.64. The fraction of sp³-hybridized carbons (Fsp3) is 0. The Hall–Kier alpha value is -1.87. The van der Waals surface area contributed by atoms with Gasteiger partial charge in [0.15, 0.2) is 0 Å². The normalized spacial score (nSPS) is 9.81. The van der Waals surface area contributed by atoms with Crippen LogP contribution in [0.25, 0.3) is 0 Å². The molecule has 0 saturated carbocycles. The maximum absolute atomic E-state index is 5.72. The number of hydrogen-bond donors (Lipinski definition) is 0. The van der Waals surface area contributed by atoms with Gasteiger partial charge in [-0.25, -0.2) is 4.98 Å². The number of aliphatic imine (C=N–C) groups is 1. The van der Waals surface area contributed by atoms with Gasteiger partial charge in [0.2, 0.25) is 5.88 Å². The van der Waals surface area contributed by atoms with Gasteiger partial charge in [-0.2, -0.15) is 0 Å². The molecule has 0 N–H and O–H groups in total. The Kier molecular flexibility index (Phi) is 3.17. The summed E-state index contributed by atoms with van der Waals surface area (Å²) in [6.07, 6.45) is 1.54. The molecule has 0 aliphatic carbocycles. The molecular formula is C12H9ClN2O. The zero-order valence-electron chi connectivity index (χ0n) is 8.43. The minimum atomic E-state index is 0.503. The summed E-state index contributed by atoms with van der Waals surface area (Å²) in [6.45, 7) is 3.44. The van der Waals surface area contributed by atoms with Crippen LogP contribution in [0.15, 0.2) is 47.6 Å². The quantitative estimate of drug-likeness (QED) is 0.753. The number of halogens is 1. The number of nitrogens with zero attached hydrogens (tertiary/aromatic N) is 2. The molecule has 0 amide bonds. The molecule has 0 aliphatic heterocycles. The lowest BCUT2D eigenvalue weighted by molar-refractivity contribution is 0.463. The highest BCUT2D eigenvalue weighted by Crippen LogP contribution is 2.22. The van der Waals surface area contributed by atoms with E-state index in [1.165, 1.54) is 6.20 Å². The predicted octanol–water partition coefficient (Wildman–Crippen LogP) is 3.86. The van der Waals surface area contributed by atoms with Crippen molar-refractivity contribution in [1.82, 2.24) is 4.98 Å². The van der Waals surface area contributed by atoms with Gasteiger partial charge in [0, 0.05) is 12.3 Å². The van der Waals surface area contributed by atoms with Crippen LogP contribution >= 0.6 is 11.6 Å². The molecule has 0 spiro atoms. The summed E-state index contributed by atoms with van der Waals surface area (Å²) in [5.41, 5.74) is 0.802. The van der Waals surface area contributed by atoms with Gasteiger partial charge in [-0.1, -0.05) is 11.6 Å². The van der Waals surface area contributed by atoms with E-state index in [2.05, 4.69) is 16.7 Å². The molecule has 0 fully saturated rings. The summed E-state index contributed by atoms with van der Waals surface area (Å²) in [4.78, 5) is 7.82. The molecular weight excluding hydrogens is 224 g/mol. The lowest BCUT2D eigenvalue weighted by atomic mass is 10.3. The van der Waals surface area contributed by atoms with Gasteiger partial charge in [-0.05, 0) is 37.0 Å². The first-order valence-corrected chi connectivity index (χ1v) is 5.02. The van der Waals surface area contributed by atoms with Crippen LogP contribution in [0.4, 0.5) is 5.69 Å². The molecule has 0 atom stereocenters. The molecule has 0 aliphatic rings. The van der Waals surface area contributed by atoms with E-state index in [1.54, 1.807) is 24.3 Å². The third-order valence-electron chi connectivity index (χ3n) is 1.94. The summed E-state index contributed by atoms with van der Waals surface area (Å²) in [7, 11) is 0. The van der Waals surface area contributed by atoms with E-state index in [1.807, 2.05) is 12.1 Å². The summed E-state index contributed by atoms with van der Waals surface area (Å²) >= 11 is 5.72. The zero-order valence-corrected chi connectivity index (χ0v) is 9.19. The van der Waals surface area contributed by atoms with E-state index >= 15 is 0 Å². The SMILES string of the molecule is C=Nc1ccc(Oc2ccc(Cl)cn2)cc1. The van der Waals surface area contributed by atoms with Crippen molar-refractivity contribution in [3.8, 4) is 11.6 Å². The van der Waals surface area contributed by atoms with Gasteiger partial charge in [0.05, 0.1) is 10.7 Å².